The number of carbonyl (C=O) groups is 1. The van der Waals surface area contributed by atoms with Gasteiger partial charge < -0.3 is 20.7 Å². The Labute approximate surface area is 126 Å². The van der Waals surface area contributed by atoms with Crippen molar-refractivity contribution in [2.45, 2.75) is 26.3 Å². The third kappa shape index (κ3) is 3.95. The Morgan fingerprint density at radius 2 is 2.19 bits per heavy atom. The molecule has 0 aromatic heterocycles. The zero-order valence-corrected chi connectivity index (χ0v) is 12.9. The van der Waals surface area contributed by atoms with Gasteiger partial charge in [0.2, 0.25) is 5.91 Å². The van der Waals surface area contributed by atoms with E-state index in [0.717, 1.165) is 56.1 Å². The summed E-state index contributed by atoms with van der Waals surface area (Å²) in [5.74, 6) is 0.582. The molecule has 0 bridgehead atoms. The summed E-state index contributed by atoms with van der Waals surface area (Å²) in [6.07, 6.45) is 0.897. The fraction of sp³-hybridized carbons (Fsp3) is 0.562. The van der Waals surface area contributed by atoms with Crippen LogP contribution in [0.2, 0.25) is 0 Å². The van der Waals surface area contributed by atoms with Crippen LogP contribution in [0, 0.1) is 0 Å². The highest BCUT2D eigenvalue weighted by molar-refractivity contribution is 5.81. The first-order valence-electron chi connectivity index (χ1n) is 7.66. The van der Waals surface area contributed by atoms with Crippen molar-refractivity contribution in [2.24, 2.45) is 5.73 Å². The topological polar surface area (TPSA) is 67.6 Å². The number of fused-ring (bicyclic) bond motifs is 1. The highest BCUT2D eigenvalue weighted by atomic mass is 16.5. The lowest BCUT2D eigenvalue weighted by Gasteiger charge is -2.21. The lowest BCUT2D eigenvalue weighted by molar-refractivity contribution is -0.120. The Balaban J connectivity index is 2.00. The molecule has 5 heteroatoms. The first-order chi connectivity index (χ1) is 10.2. The van der Waals surface area contributed by atoms with E-state index in [0.29, 0.717) is 0 Å². The van der Waals surface area contributed by atoms with Gasteiger partial charge in [0.1, 0.15) is 11.8 Å². The van der Waals surface area contributed by atoms with E-state index in [2.05, 4.69) is 24.1 Å². The van der Waals surface area contributed by atoms with E-state index in [9.17, 15) is 4.79 Å². The van der Waals surface area contributed by atoms with Crippen LogP contribution in [0.25, 0.3) is 0 Å². The lowest BCUT2D eigenvalue weighted by atomic mass is 10.0. The van der Waals surface area contributed by atoms with Gasteiger partial charge >= 0.3 is 0 Å². The van der Waals surface area contributed by atoms with Crippen LogP contribution in [0.3, 0.4) is 0 Å². The highest BCUT2D eigenvalue weighted by Gasteiger charge is 2.20. The highest BCUT2D eigenvalue weighted by Crippen LogP contribution is 2.28. The maximum Gasteiger partial charge on any atom is 0.239 e. The molecule has 5 nitrogen and oxygen atoms in total. The molecule has 1 heterocycles. The second-order valence-electron chi connectivity index (χ2n) is 5.28. The number of likely N-dealkylation sites (N-methyl/N-ethyl adjacent to an activating group) is 1. The van der Waals surface area contributed by atoms with Gasteiger partial charge in [0, 0.05) is 19.5 Å². The van der Waals surface area contributed by atoms with Gasteiger partial charge in [0.15, 0.2) is 0 Å². The molecule has 21 heavy (non-hydrogen) atoms. The third-order valence-corrected chi connectivity index (χ3v) is 4.00. The molecule has 116 valence electrons. The van der Waals surface area contributed by atoms with Crippen molar-refractivity contribution in [1.82, 2.24) is 10.2 Å². The number of nitrogens with one attached hydrogen (secondary N) is 1. The molecule has 1 aliphatic heterocycles. The smallest absolute Gasteiger partial charge is 0.239 e. The molecule has 1 unspecified atom stereocenters. The number of hydrogen-bond donors (Lipinski definition) is 2. The first-order valence-corrected chi connectivity index (χ1v) is 7.66. The molecule has 0 saturated carbocycles. The Bertz CT molecular complexity index is 486. The van der Waals surface area contributed by atoms with E-state index in [4.69, 9.17) is 10.5 Å². The number of ether oxygens (including phenoxy) is 1. The minimum atomic E-state index is -0.438. The zero-order chi connectivity index (χ0) is 15.2. The van der Waals surface area contributed by atoms with Gasteiger partial charge in [0.25, 0.3) is 0 Å². The number of nitrogens with zero attached hydrogens (tertiary/aromatic N) is 1. The number of carbonyl (C=O) groups excluding carboxylic acids is 1. The molecule has 3 N–H and O–H groups in total. The summed E-state index contributed by atoms with van der Waals surface area (Å²) in [4.78, 5) is 14.0. The van der Waals surface area contributed by atoms with Gasteiger partial charge in [-0.05, 0) is 36.3 Å². The molecule has 1 aromatic rings. The van der Waals surface area contributed by atoms with Gasteiger partial charge in [-0.25, -0.2) is 0 Å². The van der Waals surface area contributed by atoms with E-state index >= 15 is 0 Å². The Morgan fingerprint density at radius 1 is 1.43 bits per heavy atom. The Morgan fingerprint density at radius 3 is 2.86 bits per heavy atom. The van der Waals surface area contributed by atoms with E-state index in [1.165, 1.54) is 0 Å². The summed E-state index contributed by atoms with van der Waals surface area (Å²) in [5, 5.41) is 3.27. The SMILES string of the molecule is CCN(CC)CCNC(C(N)=O)c1ccc2c(c1)CCO2. The average molecular weight is 291 g/mol. The second kappa shape index (κ2) is 7.43. The van der Waals surface area contributed by atoms with Crippen LogP contribution in [0.5, 0.6) is 5.75 Å². The first kappa shape index (κ1) is 15.8. The van der Waals surface area contributed by atoms with Crippen LogP contribution in [0.15, 0.2) is 18.2 Å². The number of primary amides is 1. The largest absolute Gasteiger partial charge is 0.493 e. The number of hydrogen-bond acceptors (Lipinski definition) is 4. The van der Waals surface area contributed by atoms with Crippen molar-refractivity contribution in [3.05, 3.63) is 29.3 Å². The summed E-state index contributed by atoms with van der Waals surface area (Å²) in [5.41, 5.74) is 7.63. The molecule has 0 aliphatic carbocycles. The summed E-state index contributed by atoms with van der Waals surface area (Å²) in [6.45, 7) is 8.65. The number of nitrogens with two attached hydrogens (primary N) is 1. The van der Waals surface area contributed by atoms with E-state index in [1.54, 1.807) is 0 Å². The zero-order valence-electron chi connectivity index (χ0n) is 12.9. The van der Waals surface area contributed by atoms with Crippen LogP contribution in [-0.4, -0.2) is 43.6 Å². The number of rotatable bonds is 8. The standard InChI is InChI=1S/C16H25N3O2/c1-3-19(4-2)9-8-18-15(16(17)20)13-5-6-14-12(11-13)7-10-21-14/h5-6,11,15,18H,3-4,7-10H2,1-2H3,(H2,17,20). The van der Waals surface area contributed by atoms with Crippen LogP contribution in [0.1, 0.15) is 31.0 Å². The van der Waals surface area contributed by atoms with Crippen molar-refractivity contribution in [2.75, 3.05) is 32.8 Å². The van der Waals surface area contributed by atoms with E-state index in [-0.39, 0.29) is 5.91 Å². The minimum absolute atomic E-state index is 0.339. The molecular formula is C16H25N3O2. The second-order valence-corrected chi connectivity index (χ2v) is 5.28. The molecule has 1 aromatic carbocycles. The van der Waals surface area contributed by atoms with Gasteiger partial charge in [-0.1, -0.05) is 19.9 Å². The maximum atomic E-state index is 11.7. The van der Waals surface area contributed by atoms with Crippen molar-refractivity contribution >= 4 is 5.91 Å². The third-order valence-electron chi connectivity index (χ3n) is 4.00. The Hall–Kier alpha value is -1.59. The molecule has 0 spiro atoms. The van der Waals surface area contributed by atoms with Gasteiger partial charge in [-0.15, -0.1) is 0 Å². The summed E-state index contributed by atoms with van der Waals surface area (Å²) in [7, 11) is 0. The summed E-state index contributed by atoms with van der Waals surface area (Å²) in [6, 6.07) is 5.44. The van der Waals surface area contributed by atoms with Crippen LogP contribution < -0.4 is 15.8 Å². The van der Waals surface area contributed by atoms with E-state index in [1.807, 2.05) is 18.2 Å². The molecule has 0 saturated heterocycles. The fourth-order valence-corrected chi connectivity index (χ4v) is 2.68. The maximum absolute atomic E-state index is 11.7. The number of amides is 1. The molecule has 0 radical (unpaired) electrons. The summed E-state index contributed by atoms with van der Waals surface area (Å²) >= 11 is 0. The predicted molar refractivity (Wildman–Crippen MR) is 83.4 cm³/mol. The van der Waals surface area contributed by atoms with Crippen molar-refractivity contribution in [3.63, 3.8) is 0 Å². The monoisotopic (exact) mass is 291 g/mol. The lowest BCUT2D eigenvalue weighted by Crippen LogP contribution is -2.38. The molecule has 1 aliphatic rings. The van der Waals surface area contributed by atoms with Gasteiger partial charge in [-0.2, -0.15) is 0 Å². The van der Waals surface area contributed by atoms with Crippen LogP contribution >= 0.6 is 0 Å². The normalized spacial score (nSPS) is 14.8. The van der Waals surface area contributed by atoms with Crippen molar-refractivity contribution in [3.8, 4) is 5.75 Å². The minimum Gasteiger partial charge on any atom is -0.493 e. The molecule has 1 atom stereocenters. The molecule has 1 amide bonds. The average Bonchev–Trinajstić information content (AvgIpc) is 2.94. The van der Waals surface area contributed by atoms with Crippen molar-refractivity contribution < 1.29 is 9.53 Å². The Kier molecular flexibility index (Phi) is 5.59. The molecule has 2 rings (SSSR count). The molecule has 0 fully saturated rings. The molecular weight excluding hydrogens is 266 g/mol. The van der Waals surface area contributed by atoms with E-state index < -0.39 is 6.04 Å². The van der Waals surface area contributed by atoms with Crippen LogP contribution in [-0.2, 0) is 11.2 Å². The van der Waals surface area contributed by atoms with Crippen molar-refractivity contribution in [1.29, 1.82) is 0 Å². The quantitative estimate of drug-likeness (QED) is 0.752. The fourth-order valence-electron chi connectivity index (χ4n) is 2.68. The summed E-state index contributed by atoms with van der Waals surface area (Å²) < 4.78 is 5.49. The van der Waals surface area contributed by atoms with Gasteiger partial charge in [-0.3, -0.25) is 4.79 Å². The number of benzene rings is 1. The van der Waals surface area contributed by atoms with Crippen LogP contribution in [0.4, 0.5) is 0 Å². The van der Waals surface area contributed by atoms with Gasteiger partial charge in [0.05, 0.1) is 6.61 Å². The predicted octanol–water partition coefficient (Wildman–Crippen LogP) is 1.08.